The summed E-state index contributed by atoms with van der Waals surface area (Å²) >= 11 is 0. The number of carbonyl (C=O) groups excluding carboxylic acids is 2. The molecule has 2 rings (SSSR count). The van der Waals surface area contributed by atoms with Crippen LogP contribution in [0.3, 0.4) is 0 Å². The second-order valence-electron chi connectivity index (χ2n) is 4.61. The fourth-order valence-electron chi connectivity index (χ4n) is 2.29. The number of amides is 2. The highest BCUT2D eigenvalue weighted by Crippen LogP contribution is 2.20. The number of hydrogen-bond acceptors (Lipinski definition) is 3. The maximum absolute atomic E-state index is 11.7. The Morgan fingerprint density at radius 3 is 2.88 bits per heavy atom. The van der Waals surface area contributed by atoms with Crippen LogP contribution in [0.15, 0.2) is 17.8 Å². The Kier molecular flexibility index (Phi) is 3.26. The van der Waals surface area contributed by atoms with E-state index in [4.69, 9.17) is 0 Å². The van der Waals surface area contributed by atoms with Crippen LogP contribution in [0, 0.1) is 11.8 Å². The van der Waals surface area contributed by atoms with E-state index in [1.165, 1.54) is 0 Å². The molecule has 0 aromatic rings. The van der Waals surface area contributed by atoms with Crippen molar-refractivity contribution in [1.82, 2.24) is 10.3 Å². The van der Waals surface area contributed by atoms with Crippen molar-refractivity contribution >= 4 is 17.5 Å². The highest BCUT2D eigenvalue weighted by Gasteiger charge is 2.31. The Morgan fingerprint density at radius 2 is 2.35 bits per heavy atom. The van der Waals surface area contributed by atoms with Gasteiger partial charge in [-0.1, -0.05) is 6.08 Å². The average Bonchev–Trinajstić information content (AvgIpc) is 2.81. The summed E-state index contributed by atoms with van der Waals surface area (Å²) in [7, 11) is 0. The molecule has 17 heavy (non-hydrogen) atoms. The maximum Gasteiger partial charge on any atom is 0.248 e. The Morgan fingerprint density at radius 1 is 1.59 bits per heavy atom. The molecule has 92 valence electrons. The zero-order valence-corrected chi connectivity index (χ0v) is 9.98. The molecule has 1 N–H and O–H groups in total. The van der Waals surface area contributed by atoms with E-state index in [1.54, 1.807) is 0 Å². The summed E-state index contributed by atoms with van der Waals surface area (Å²) in [5, 5.41) is 3.89. The van der Waals surface area contributed by atoms with Crippen LogP contribution in [0.1, 0.15) is 19.8 Å². The van der Waals surface area contributed by atoms with E-state index in [0.717, 1.165) is 12.3 Å². The molecule has 0 saturated carbocycles. The van der Waals surface area contributed by atoms with Gasteiger partial charge in [0.05, 0.1) is 5.92 Å². The van der Waals surface area contributed by atoms with Gasteiger partial charge in [0, 0.05) is 31.1 Å². The molecule has 2 aliphatic heterocycles. The number of rotatable bonds is 4. The second kappa shape index (κ2) is 4.69. The summed E-state index contributed by atoms with van der Waals surface area (Å²) in [6.07, 6.45) is 3.02. The van der Waals surface area contributed by atoms with Crippen molar-refractivity contribution in [3.05, 3.63) is 12.7 Å². The van der Waals surface area contributed by atoms with E-state index in [1.807, 2.05) is 17.9 Å². The van der Waals surface area contributed by atoms with Crippen molar-refractivity contribution in [2.75, 3.05) is 13.1 Å². The third-order valence-corrected chi connectivity index (χ3v) is 3.43. The fourth-order valence-corrected chi connectivity index (χ4v) is 2.29. The van der Waals surface area contributed by atoms with Gasteiger partial charge in [0.15, 0.2) is 0 Å². The molecule has 0 bridgehead atoms. The van der Waals surface area contributed by atoms with Crippen LogP contribution >= 0.6 is 0 Å². The van der Waals surface area contributed by atoms with Gasteiger partial charge >= 0.3 is 0 Å². The van der Waals surface area contributed by atoms with Crippen molar-refractivity contribution in [2.45, 2.75) is 19.8 Å². The van der Waals surface area contributed by atoms with E-state index in [9.17, 15) is 9.59 Å². The molecule has 2 amide bonds. The number of nitrogens with one attached hydrogen (secondary N) is 1. The molecule has 1 fully saturated rings. The van der Waals surface area contributed by atoms with Crippen LogP contribution in [0.25, 0.3) is 0 Å². The average molecular weight is 235 g/mol. The minimum Gasteiger partial charge on any atom is -0.342 e. The van der Waals surface area contributed by atoms with Crippen LogP contribution in [0.2, 0.25) is 0 Å². The predicted octanol–water partition coefficient (Wildman–Crippen LogP) is 0.533. The van der Waals surface area contributed by atoms with Gasteiger partial charge in [-0.25, -0.2) is 5.43 Å². The van der Waals surface area contributed by atoms with Crippen molar-refractivity contribution in [3.8, 4) is 0 Å². The Balaban J connectivity index is 1.86. The van der Waals surface area contributed by atoms with Crippen molar-refractivity contribution in [2.24, 2.45) is 16.9 Å². The first-order valence-corrected chi connectivity index (χ1v) is 5.86. The molecule has 0 spiro atoms. The van der Waals surface area contributed by atoms with Crippen LogP contribution < -0.4 is 5.43 Å². The third-order valence-electron chi connectivity index (χ3n) is 3.43. The van der Waals surface area contributed by atoms with Crippen molar-refractivity contribution < 1.29 is 9.59 Å². The normalized spacial score (nSPS) is 28.3. The molecule has 2 heterocycles. The molecular formula is C12H17N3O2. The zero-order valence-electron chi connectivity index (χ0n) is 9.98. The van der Waals surface area contributed by atoms with Crippen molar-refractivity contribution in [1.29, 1.82) is 0 Å². The predicted molar refractivity (Wildman–Crippen MR) is 64.2 cm³/mol. The minimum absolute atomic E-state index is 0.0607. The lowest BCUT2D eigenvalue weighted by atomic mass is 10.0. The Hall–Kier alpha value is -1.65. The number of nitrogens with zero attached hydrogens (tertiary/aromatic N) is 2. The van der Waals surface area contributed by atoms with Gasteiger partial charge in [-0.2, -0.15) is 5.10 Å². The smallest absolute Gasteiger partial charge is 0.248 e. The summed E-state index contributed by atoms with van der Waals surface area (Å²) in [6, 6.07) is 0. The minimum atomic E-state index is -0.175. The molecule has 0 aromatic carbocycles. The van der Waals surface area contributed by atoms with Gasteiger partial charge in [-0.05, 0) is 13.3 Å². The van der Waals surface area contributed by atoms with E-state index < -0.39 is 0 Å². The van der Waals surface area contributed by atoms with Gasteiger partial charge in [0.2, 0.25) is 11.8 Å². The van der Waals surface area contributed by atoms with Crippen LogP contribution in [0.5, 0.6) is 0 Å². The van der Waals surface area contributed by atoms with Gasteiger partial charge in [0.1, 0.15) is 0 Å². The number of carbonyl (C=O) groups is 2. The van der Waals surface area contributed by atoms with Gasteiger partial charge in [-0.15, -0.1) is 6.58 Å². The lowest BCUT2D eigenvalue weighted by molar-refractivity contribution is -0.128. The second-order valence-corrected chi connectivity index (χ2v) is 4.61. The van der Waals surface area contributed by atoms with Crippen molar-refractivity contribution in [3.63, 3.8) is 0 Å². The van der Waals surface area contributed by atoms with Gasteiger partial charge in [-0.3, -0.25) is 9.59 Å². The number of hydrogen-bond donors (Lipinski definition) is 1. The maximum atomic E-state index is 11.7. The summed E-state index contributed by atoms with van der Waals surface area (Å²) in [5.74, 6) is 0.178. The largest absolute Gasteiger partial charge is 0.342 e. The zero-order chi connectivity index (χ0) is 12.4. The van der Waals surface area contributed by atoms with E-state index in [0.29, 0.717) is 19.4 Å². The van der Waals surface area contributed by atoms with Gasteiger partial charge < -0.3 is 4.90 Å². The van der Waals surface area contributed by atoms with Crippen LogP contribution in [-0.4, -0.2) is 35.5 Å². The van der Waals surface area contributed by atoms with Crippen LogP contribution in [-0.2, 0) is 9.59 Å². The summed E-state index contributed by atoms with van der Waals surface area (Å²) in [6.45, 7) is 6.89. The SMILES string of the molecule is C=CC1CC(=O)N(CCC2C(=O)NN=C2C)C1. The molecule has 1 saturated heterocycles. The molecule has 2 aliphatic rings. The molecular weight excluding hydrogens is 218 g/mol. The molecule has 0 radical (unpaired) electrons. The molecule has 5 heteroatoms. The summed E-state index contributed by atoms with van der Waals surface area (Å²) in [5.41, 5.74) is 3.26. The standard InChI is InChI=1S/C12H17N3O2/c1-3-9-6-11(16)15(7-9)5-4-10-8(2)13-14-12(10)17/h3,9-10H,1,4-7H2,2H3,(H,14,17). The summed E-state index contributed by atoms with van der Waals surface area (Å²) < 4.78 is 0. The first kappa shape index (κ1) is 11.8. The lowest BCUT2D eigenvalue weighted by Crippen LogP contribution is -2.31. The first-order chi connectivity index (χ1) is 8.11. The quantitative estimate of drug-likeness (QED) is 0.723. The van der Waals surface area contributed by atoms with E-state index in [-0.39, 0.29) is 23.7 Å². The van der Waals surface area contributed by atoms with E-state index >= 15 is 0 Å². The molecule has 2 atom stereocenters. The molecule has 0 aromatic heterocycles. The lowest BCUT2D eigenvalue weighted by Gasteiger charge is -2.17. The Bertz CT molecular complexity index is 389. The highest BCUT2D eigenvalue weighted by molar-refractivity contribution is 6.06. The monoisotopic (exact) mass is 235 g/mol. The van der Waals surface area contributed by atoms with E-state index in [2.05, 4.69) is 17.1 Å². The topological polar surface area (TPSA) is 61.8 Å². The highest BCUT2D eigenvalue weighted by atomic mass is 16.2. The van der Waals surface area contributed by atoms with Gasteiger partial charge in [0.25, 0.3) is 0 Å². The molecule has 2 unspecified atom stereocenters. The molecule has 5 nitrogen and oxygen atoms in total. The number of hydrazone groups is 1. The fraction of sp³-hybridized carbons (Fsp3) is 0.583. The summed E-state index contributed by atoms with van der Waals surface area (Å²) in [4.78, 5) is 24.9. The first-order valence-electron chi connectivity index (χ1n) is 5.86. The molecule has 0 aliphatic carbocycles. The Labute approximate surface area is 101 Å². The third kappa shape index (κ3) is 2.38. The van der Waals surface area contributed by atoms with Crippen LogP contribution in [0.4, 0.5) is 0 Å². The number of likely N-dealkylation sites (tertiary alicyclic amines) is 1.